The van der Waals surface area contributed by atoms with E-state index in [1.165, 1.54) is 23.5 Å². The molecule has 4 atom stereocenters. The highest BCUT2D eigenvalue weighted by Gasteiger charge is 2.45. The monoisotopic (exact) mass is 396 g/mol. The van der Waals surface area contributed by atoms with E-state index < -0.39 is 0 Å². The van der Waals surface area contributed by atoms with E-state index >= 15 is 0 Å². The van der Waals surface area contributed by atoms with E-state index in [9.17, 15) is 0 Å². The summed E-state index contributed by atoms with van der Waals surface area (Å²) >= 11 is 0. The molecule has 3 aliphatic heterocycles. The number of hydrogen-bond acceptors (Lipinski definition) is 4. The summed E-state index contributed by atoms with van der Waals surface area (Å²) < 4.78 is 8.76. The molecular formula is C25H24N4O. The molecule has 5 heteroatoms. The van der Waals surface area contributed by atoms with Crippen molar-refractivity contribution < 1.29 is 4.74 Å². The van der Waals surface area contributed by atoms with Crippen molar-refractivity contribution in [3.05, 3.63) is 85.0 Å². The van der Waals surface area contributed by atoms with E-state index in [0.717, 1.165) is 24.3 Å². The lowest BCUT2D eigenvalue weighted by atomic mass is 9.82. The summed E-state index contributed by atoms with van der Waals surface area (Å²) in [5.41, 5.74) is 3.73. The fourth-order valence-corrected chi connectivity index (χ4v) is 5.99. The average molecular weight is 396 g/mol. The maximum atomic E-state index is 6.23. The number of nitrogens with zero attached hydrogens (tertiary/aromatic N) is 3. The van der Waals surface area contributed by atoms with E-state index in [2.05, 4.69) is 98.9 Å². The molecule has 4 aliphatic rings. The molecular weight excluding hydrogens is 372 g/mol. The number of rotatable bonds is 1. The average Bonchev–Trinajstić information content (AvgIpc) is 3.47. The summed E-state index contributed by atoms with van der Waals surface area (Å²) in [5.74, 6) is 1.91. The van der Waals surface area contributed by atoms with Gasteiger partial charge >= 0.3 is 0 Å². The lowest BCUT2D eigenvalue weighted by molar-refractivity contribution is 0.0737. The van der Waals surface area contributed by atoms with Crippen LogP contribution in [0.15, 0.2) is 79.3 Å². The number of anilines is 2. The molecule has 1 fully saturated rings. The topological polar surface area (TPSA) is 32.7 Å². The summed E-state index contributed by atoms with van der Waals surface area (Å²) in [6, 6.07) is 22.8. The van der Waals surface area contributed by atoms with E-state index in [0.29, 0.717) is 18.1 Å². The number of ether oxygens (including phenoxy) is 1. The van der Waals surface area contributed by atoms with Gasteiger partial charge in [-0.2, -0.15) is 0 Å². The van der Waals surface area contributed by atoms with Crippen molar-refractivity contribution in [2.75, 3.05) is 4.90 Å². The fourth-order valence-electron chi connectivity index (χ4n) is 5.99. The molecule has 0 spiro atoms. The molecule has 1 aromatic heterocycles. The predicted molar refractivity (Wildman–Crippen MR) is 117 cm³/mol. The van der Waals surface area contributed by atoms with E-state index in [4.69, 9.17) is 4.74 Å². The van der Waals surface area contributed by atoms with Crippen LogP contribution in [-0.4, -0.2) is 21.6 Å². The molecule has 1 saturated carbocycles. The van der Waals surface area contributed by atoms with E-state index in [1.807, 2.05) is 0 Å². The number of hydrogen-bond donors (Lipinski definition) is 1. The quantitative estimate of drug-likeness (QED) is 0.606. The standard InChI is InChI=1S/C25H24N4O/c1-3-9-23-19(6-1)29(20-7-2-4-10-24(20)30-23)17-11-12-18-22(16-17)27-14-5-8-21(27)25-26-13-15-28(18)25/h1-10,13-15,17-18,22,25-26H,11-12,16H2. The van der Waals surface area contributed by atoms with Gasteiger partial charge in [0, 0.05) is 24.6 Å². The second-order valence-electron chi connectivity index (χ2n) is 8.68. The number of para-hydroxylation sites is 4. The first kappa shape index (κ1) is 16.5. The maximum Gasteiger partial charge on any atom is 0.151 e. The number of fused-ring (bicyclic) bond motifs is 8. The van der Waals surface area contributed by atoms with Crippen molar-refractivity contribution in [1.82, 2.24) is 14.8 Å². The van der Waals surface area contributed by atoms with Crippen LogP contribution >= 0.6 is 0 Å². The van der Waals surface area contributed by atoms with Crippen LogP contribution in [0.25, 0.3) is 0 Å². The van der Waals surface area contributed by atoms with Crippen LogP contribution in [0.3, 0.4) is 0 Å². The van der Waals surface area contributed by atoms with Crippen LogP contribution in [0.2, 0.25) is 0 Å². The molecule has 1 aliphatic carbocycles. The molecule has 30 heavy (non-hydrogen) atoms. The molecule has 4 unspecified atom stereocenters. The summed E-state index contributed by atoms with van der Waals surface area (Å²) in [4.78, 5) is 5.08. The van der Waals surface area contributed by atoms with Crippen LogP contribution in [0.1, 0.15) is 37.2 Å². The highest BCUT2D eigenvalue weighted by Crippen LogP contribution is 2.51. The van der Waals surface area contributed by atoms with Crippen molar-refractivity contribution in [3.8, 4) is 11.5 Å². The zero-order valence-electron chi connectivity index (χ0n) is 16.7. The van der Waals surface area contributed by atoms with Gasteiger partial charge in [-0.3, -0.25) is 0 Å². The Morgan fingerprint density at radius 2 is 1.60 bits per heavy atom. The summed E-state index contributed by atoms with van der Waals surface area (Å²) in [6.07, 6.45) is 10.4. The highest BCUT2D eigenvalue weighted by atomic mass is 16.5. The van der Waals surface area contributed by atoms with Gasteiger partial charge in [0.1, 0.15) is 6.17 Å². The van der Waals surface area contributed by atoms with Gasteiger partial charge < -0.3 is 24.4 Å². The van der Waals surface area contributed by atoms with Gasteiger partial charge in [0.15, 0.2) is 11.5 Å². The molecule has 1 N–H and O–H groups in total. The third kappa shape index (κ3) is 2.18. The minimum absolute atomic E-state index is 0.280. The first-order chi connectivity index (χ1) is 14.9. The van der Waals surface area contributed by atoms with Crippen LogP contribution < -0.4 is 15.0 Å². The summed E-state index contributed by atoms with van der Waals surface area (Å²) in [6.45, 7) is 0. The van der Waals surface area contributed by atoms with Gasteiger partial charge in [-0.1, -0.05) is 24.3 Å². The van der Waals surface area contributed by atoms with Crippen LogP contribution in [0.4, 0.5) is 11.4 Å². The van der Waals surface area contributed by atoms with Crippen LogP contribution in [0, 0.1) is 0 Å². The lowest BCUT2D eigenvalue weighted by Crippen LogP contribution is -2.52. The van der Waals surface area contributed by atoms with Gasteiger partial charge in [-0.15, -0.1) is 0 Å². The Hall–Kier alpha value is -3.34. The Morgan fingerprint density at radius 3 is 2.40 bits per heavy atom. The largest absolute Gasteiger partial charge is 0.453 e. The number of aromatic nitrogens is 1. The van der Waals surface area contributed by atoms with Crippen molar-refractivity contribution >= 4 is 11.4 Å². The lowest BCUT2D eigenvalue weighted by Gasteiger charge is -2.51. The van der Waals surface area contributed by atoms with Gasteiger partial charge in [-0.25, -0.2) is 0 Å². The Labute approximate surface area is 176 Å². The molecule has 0 saturated heterocycles. The third-order valence-electron chi connectivity index (χ3n) is 7.22. The second kappa shape index (κ2) is 6.08. The smallest absolute Gasteiger partial charge is 0.151 e. The van der Waals surface area contributed by atoms with E-state index in [-0.39, 0.29) is 6.17 Å². The Bertz CT molecular complexity index is 1110. The maximum absolute atomic E-state index is 6.23. The van der Waals surface area contributed by atoms with Gasteiger partial charge in [-0.05, 0) is 55.7 Å². The highest BCUT2D eigenvalue weighted by molar-refractivity contribution is 5.78. The van der Waals surface area contributed by atoms with Crippen molar-refractivity contribution in [3.63, 3.8) is 0 Å². The second-order valence-corrected chi connectivity index (χ2v) is 8.68. The number of nitrogens with one attached hydrogen (secondary N) is 1. The Kier molecular flexibility index (Phi) is 3.34. The van der Waals surface area contributed by atoms with E-state index in [1.54, 1.807) is 0 Å². The Morgan fingerprint density at radius 1 is 0.833 bits per heavy atom. The van der Waals surface area contributed by atoms with Gasteiger partial charge in [0.05, 0.1) is 29.2 Å². The summed E-state index contributed by atoms with van der Waals surface area (Å²) in [7, 11) is 0. The van der Waals surface area contributed by atoms with Crippen molar-refractivity contribution in [2.45, 2.75) is 43.6 Å². The molecule has 0 radical (unpaired) electrons. The molecule has 0 amide bonds. The minimum atomic E-state index is 0.280. The molecule has 150 valence electrons. The zero-order chi connectivity index (χ0) is 19.7. The zero-order valence-corrected chi connectivity index (χ0v) is 16.7. The van der Waals surface area contributed by atoms with Crippen molar-refractivity contribution in [1.29, 1.82) is 0 Å². The molecule has 2 aromatic carbocycles. The third-order valence-corrected chi connectivity index (χ3v) is 7.22. The normalized spacial score (nSPS) is 27.9. The minimum Gasteiger partial charge on any atom is -0.453 e. The molecule has 3 aromatic rings. The van der Waals surface area contributed by atoms with Crippen LogP contribution in [0.5, 0.6) is 11.5 Å². The molecule has 4 heterocycles. The van der Waals surface area contributed by atoms with Crippen molar-refractivity contribution in [2.24, 2.45) is 0 Å². The Balaban J connectivity index is 1.31. The summed E-state index contributed by atoms with van der Waals surface area (Å²) in [5, 5.41) is 3.53. The van der Waals surface area contributed by atoms with Gasteiger partial charge in [0.2, 0.25) is 0 Å². The number of benzene rings is 2. The first-order valence-corrected chi connectivity index (χ1v) is 10.9. The fraction of sp³-hybridized carbons (Fsp3) is 0.280. The molecule has 5 nitrogen and oxygen atoms in total. The molecule has 7 rings (SSSR count). The first-order valence-electron chi connectivity index (χ1n) is 10.9. The molecule has 0 bridgehead atoms. The van der Waals surface area contributed by atoms with Crippen LogP contribution in [-0.2, 0) is 0 Å². The SMILES string of the molecule is C1=CN2C(N1)c1cccn1C1CC(N3c4ccccc4Oc4ccccc43)CCC12. The predicted octanol–water partition coefficient (Wildman–Crippen LogP) is 5.28. The van der Waals surface area contributed by atoms with Gasteiger partial charge in [0.25, 0.3) is 0 Å².